The molecular formula is C16H14BrN3S. The predicted molar refractivity (Wildman–Crippen MR) is 91.6 cm³/mol. The first-order valence-electron chi connectivity index (χ1n) is 7.02. The average molecular weight is 360 g/mol. The molecule has 0 amide bonds. The molecule has 1 N–H and O–H groups in total. The van der Waals surface area contributed by atoms with Crippen molar-refractivity contribution in [3.05, 3.63) is 45.0 Å². The molecule has 0 spiro atoms. The van der Waals surface area contributed by atoms with Crippen LogP contribution >= 0.6 is 27.3 Å². The molecule has 1 aliphatic carbocycles. The van der Waals surface area contributed by atoms with Gasteiger partial charge in [0.1, 0.15) is 16.5 Å². The highest BCUT2D eigenvalue weighted by Crippen LogP contribution is 2.40. The Kier molecular flexibility index (Phi) is 3.19. The number of aryl methyl sites for hydroxylation is 3. The predicted octanol–water partition coefficient (Wildman–Crippen LogP) is 4.99. The summed E-state index contributed by atoms with van der Waals surface area (Å²) >= 11 is 5.29. The molecule has 0 aliphatic heterocycles. The molecule has 0 unspecified atom stereocenters. The van der Waals surface area contributed by atoms with E-state index in [1.165, 1.54) is 28.7 Å². The lowest BCUT2D eigenvalue weighted by atomic mass is 10.2. The third-order valence-electron chi connectivity index (χ3n) is 3.78. The number of hydrogen-bond acceptors (Lipinski definition) is 4. The van der Waals surface area contributed by atoms with Crippen LogP contribution in [0.4, 0.5) is 11.5 Å². The van der Waals surface area contributed by atoms with Gasteiger partial charge in [-0.25, -0.2) is 9.97 Å². The van der Waals surface area contributed by atoms with Crippen LogP contribution < -0.4 is 5.32 Å². The minimum Gasteiger partial charge on any atom is -0.340 e. The van der Waals surface area contributed by atoms with Gasteiger partial charge >= 0.3 is 0 Å². The molecule has 3 nitrogen and oxygen atoms in total. The number of benzene rings is 1. The number of fused-ring (bicyclic) bond motifs is 3. The SMILES string of the molecule is Cc1nc(Nc2ccc(Br)cc2)c2c3c(sc2n1)CCC3. The van der Waals surface area contributed by atoms with Gasteiger partial charge in [-0.15, -0.1) is 11.3 Å². The first-order chi connectivity index (χ1) is 10.2. The van der Waals surface area contributed by atoms with Gasteiger partial charge in [0.15, 0.2) is 0 Å². The summed E-state index contributed by atoms with van der Waals surface area (Å²) in [5.74, 6) is 1.77. The second-order valence-electron chi connectivity index (χ2n) is 5.29. The van der Waals surface area contributed by atoms with Gasteiger partial charge in [-0.1, -0.05) is 15.9 Å². The minimum atomic E-state index is 0.821. The van der Waals surface area contributed by atoms with E-state index in [0.29, 0.717) is 0 Å². The van der Waals surface area contributed by atoms with Crippen LogP contribution in [-0.4, -0.2) is 9.97 Å². The molecule has 5 heteroatoms. The van der Waals surface area contributed by atoms with Crippen molar-refractivity contribution in [1.29, 1.82) is 0 Å². The lowest BCUT2D eigenvalue weighted by molar-refractivity contribution is 0.917. The highest BCUT2D eigenvalue weighted by Gasteiger charge is 2.21. The second-order valence-corrected chi connectivity index (χ2v) is 7.29. The molecular weight excluding hydrogens is 346 g/mol. The third kappa shape index (κ3) is 2.34. The molecule has 2 aromatic heterocycles. The summed E-state index contributed by atoms with van der Waals surface area (Å²) in [7, 11) is 0. The van der Waals surface area contributed by atoms with Crippen LogP contribution in [0.5, 0.6) is 0 Å². The maximum absolute atomic E-state index is 4.64. The van der Waals surface area contributed by atoms with E-state index in [-0.39, 0.29) is 0 Å². The van der Waals surface area contributed by atoms with Crippen molar-refractivity contribution in [3.63, 3.8) is 0 Å². The van der Waals surface area contributed by atoms with Gasteiger partial charge in [0, 0.05) is 15.0 Å². The van der Waals surface area contributed by atoms with E-state index in [9.17, 15) is 0 Å². The summed E-state index contributed by atoms with van der Waals surface area (Å²) < 4.78 is 1.08. The van der Waals surface area contributed by atoms with Crippen molar-refractivity contribution < 1.29 is 0 Å². The lowest BCUT2D eigenvalue weighted by Crippen LogP contribution is -1.98. The maximum Gasteiger partial charge on any atom is 0.143 e. The Morgan fingerprint density at radius 2 is 1.95 bits per heavy atom. The van der Waals surface area contributed by atoms with E-state index in [1.807, 2.05) is 30.4 Å². The monoisotopic (exact) mass is 359 g/mol. The van der Waals surface area contributed by atoms with Crippen molar-refractivity contribution in [1.82, 2.24) is 9.97 Å². The zero-order chi connectivity index (χ0) is 14.4. The van der Waals surface area contributed by atoms with Gasteiger partial charge in [0.05, 0.1) is 5.39 Å². The van der Waals surface area contributed by atoms with Crippen molar-refractivity contribution in [2.45, 2.75) is 26.2 Å². The number of halogens is 1. The standard InChI is InChI=1S/C16H14BrN3S/c1-9-18-15(20-11-7-5-10(17)6-8-11)14-12-3-2-4-13(12)21-16(14)19-9/h5-8H,2-4H2,1H3,(H,18,19,20). The lowest BCUT2D eigenvalue weighted by Gasteiger charge is -2.09. The van der Waals surface area contributed by atoms with Crippen LogP contribution in [0.25, 0.3) is 10.2 Å². The Morgan fingerprint density at radius 1 is 1.14 bits per heavy atom. The Morgan fingerprint density at radius 3 is 2.76 bits per heavy atom. The summed E-state index contributed by atoms with van der Waals surface area (Å²) in [6.45, 7) is 1.96. The van der Waals surface area contributed by atoms with Gasteiger partial charge in [0.25, 0.3) is 0 Å². The fourth-order valence-corrected chi connectivity index (χ4v) is 4.43. The summed E-state index contributed by atoms with van der Waals surface area (Å²) in [6.07, 6.45) is 3.59. The molecule has 4 rings (SSSR count). The molecule has 0 saturated heterocycles. The maximum atomic E-state index is 4.64. The summed E-state index contributed by atoms with van der Waals surface area (Å²) in [5, 5.41) is 4.69. The van der Waals surface area contributed by atoms with E-state index < -0.39 is 0 Å². The third-order valence-corrected chi connectivity index (χ3v) is 5.50. The van der Waals surface area contributed by atoms with Crippen LogP contribution in [0.15, 0.2) is 28.7 Å². The van der Waals surface area contributed by atoms with E-state index in [0.717, 1.165) is 33.1 Å². The molecule has 0 bridgehead atoms. The van der Waals surface area contributed by atoms with E-state index in [1.54, 1.807) is 0 Å². The molecule has 0 atom stereocenters. The van der Waals surface area contributed by atoms with Crippen LogP contribution in [-0.2, 0) is 12.8 Å². The molecule has 1 aromatic carbocycles. The molecule has 1 aliphatic rings. The first kappa shape index (κ1) is 13.2. The van der Waals surface area contributed by atoms with Gasteiger partial charge in [-0.05, 0) is 56.0 Å². The Hall–Kier alpha value is -1.46. The van der Waals surface area contributed by atoms with Crippen molar-refractivity contribution >= 4 is 49.0 Å². The average Bonchev–Trinajstić information content (AvgIpc) is 3.01. The van der Waals surface area contributed by atoms with E-state index in [2.05, 4.69) is 43.3 Å². The molecule has 0 fully saturated rings. The number of thiophene rings is 1. The number of anilines is 2. The topological polar surface area (TPSA) is 37.8 Å². The number of hydrogen-bond donors (Lipinski definition) is 1. The van der Waals surface area contributed by atoms with Crippen LogP contribution in [0.3, 0.4) is 0 Å². The zero-order valence-corrected chi connectivity index (χ0v) is 14.0. The van der Waals surface area contributed by atoms with Crippen molar-refractivity contribution in [2.75, 3.05) is 5.32 Å². The molecule has 21 heavy (non-hydrogen) atoms. The van der Waals surface area contributed by atoms with Crippen LogP contribution in [0.1, 0.15) is 22.7 Å². The second kappa shape index (κ2) is 5.07. The van der Waals surface area contributed by atoms with Gasteiger partial charge < -0.3 is 5.32 Å². The van der Waals surface area contributed by atoms with Gasteiger partial charge in [-0.3, -0.25) is 0 Å². The largest absolute Gasteiger partial charge is 0.340 e. The molecule has 2 heterocycles. The van der Waals surface area contributed by atoms with E-state index >= 15 is 0 Å². The number of rotatable bonds is 2. The Labute approximate surface area is 135 Å². The fraction of sp³-hybridized carbons (Fsp3) is 0.250. The summed E-state index contributed by atoms with van der Waals surface area (Å²) in [4.78, 5) is 11.9. The Balaban J connectivity index is 1.85. The smallest absolute Gasteiger partial charge is 0.143 e. The zero-order valence-electron chi connectivity index (χ0n) is 11.6. The highest BCUT2D eigenvalue weighted by molar-refractivity contribution is 9.10. The molecule has 0 saturated carbocycles. The first-order valence-corrected chi connectivity index (χ1v) is 8.63. The van der Waals surface area contributed by atoms with Gasteiger partial charge in [0.2, 0.25) is 0 Å². The van der Waals surface area contributed by atoms with Crippen LogP contribution in [0, 0.1) is 6.92 Å². The molecule has 3 aromatic rings. The Bertz CT molecular complexity index is 824. The molecule has 106 valence electrons. The minimum absolute atomic E-state index is 0.821. The number of nitrogens with one attached hydrogen (secondary N) is 1. The number of nitrogens with zero attached hydrogens (tertiary/aromatic N) is 2. The fourth-order valence-electron chi connectivity index (χ4n) is 2.86. The van der Waals surface area contributed by atoms with E-state index in [4.69, 9.17) is 0 Å². The molecule has 0 radical (unpaired) electrons. The normalized spacial score (nSPS) is 13.6. The van der Waals surface area contributed by atoms with Crippen LogP contribution in [0.2, 0.25) is 0 Å². The quantitative estimate of drug-likeness (QED) is 0.699. The summed E-state index contributed by atoms with van der Waals surface area (Å²) in [5.41, 5.74) is 2.50. The van der Waals surface area contributed by atoms with Crippen molar-refractivity contribution in [3.8, 4) is 0 Å². The summed E-state index contributed by atoms with van der Waals surface area (Å²) in [6, 6.07) is 8.18. The highest BCUT2D eigenvalue weighted by atomic mass is 79.9. The van der Waals surface area contributed by atoms with Crippen molar-refractivity contribution in [2.24, 2.45) is 0 Å². The van der Waals surface area contributed by atoms with Gasteiger partial charge in [-0.2, -0.15) is 0 Å². The number of aromatic nitrogens is 2.